The summed E-state index contributed by atoms with van der Waals surface area (Å²) in [5.41, 5.74) is 2.70. The Morgan fingerprint density at radius 2 is 2.08 bits per heavy atom. The Hall–Kier alpha value is -2.82. The number of hydrogen-bond donors (Lipinski definition) is 1. The highest BCUT2D eigenvalue weighted by Gasteiger charge is 2.30. The van der Waals surface area contributed by atoms with Crippen molar-refractivity contribution in [2.75, 3.05) is 12.4 Å². The number of nitrogens with one attached hydrogen (secondary N) is 1. The van der Waals surface area contributed by atoms with Crippen molar-refractivity contribution >= 4 is 22.6 Å². The van der Waals surface area contributed by atoms with Crippen molar-refractivity contribution in [1.29, 1.82) is 0 Å². The van der Waals surface area contributed by atoms with E-state index in [9.17, 15) is 4.79 Å². The van der Waals surface area contributed by atoms with E-state index in [0.29, 0.717) is 5.92 Å². The smallest absolute Gasteiger partial charge is 0.244 e. The van der Waals surface area contributed by atoms with E-state index in [1.165, 1.54) is 0 Å². The third-order valence-corrected chi connectivity index (χ3v) is 4.28. The summed E-state index contributed by atoms with van der Waals surface area (Å²) in [5, 5.41) is 2.94. The third kappa shape index (κ3) is 2.85. The SMILES string of the molecule is COc1cccc(NC(=O)Cn2c(C3CC3)nc3ccccc32)c1. The lowest BCUT2D eigenvalue weighted by Gasteiger charge is -2.10. The van der Waals surface area contributed by atoms with Crippen LogP contribution in [0.3, 0.4) is 0 Å². The topological polar surface area (TPSA) is 56.1 Å². The first-order chi connectivity index (χ1) is 11.7. The minimum atomic E-state index is -0.0618. The molecular formula is C19H19N3O2. The largest absolute Gasteiger partial charge is 0.497 e. The quantitative estimate of drug-likeness (QED) is 0.782. The summed E-state index contributed by atoms with van der Waals surface area (Å²) >= 11 is 0. The van der Waals surface area contributed by atoms with E-state index in [4.69, 9.17) is 9.72 Å². The van der Waals surface area contributed by atoms with E-state index in [1.54, 1.807) is 7.11 Å². The Bertz CT molecular complexity index is 897. The summed E-state index contributed by atoms with van der Waals surface area (Å²) in [6.45, 7) is 0.267. The zero-order valence-electron chi connectivity index (χ0n) is 13.5. The molecule has 1 saturated carbocycles. The minimum Gasteiger partial charge on any atom is -0.497 e. The molecule has 24 heavy (non-hydrogen) atoms. The van der Waals surface area contributed by atoms with Gasteiger partial charge in [-0.3, -0.25) is 4.79 Å². The lowest BCUT2D eigenvalue weighted by Crippen LogP contribution is -2.20. The summed E-state index contributed by atoms with van der Waals surface area (Å²) in [6.07, 6.45) is 2.31. The van der Waals surface area contributed by atoms with Gasteiger partial charge >= 0.3 is 0 Å². The Kier molecular flexibility index (Phi) is 3.69. The molecule has 0 bridgehead atoms. The van der Waals surface area contributed by atoms with Crippen LogP contribution >= 0.6 is 0 Å². The van der Waals surface area contributed by atoms with Crippen LogP contribution < -0.4 is 10.1 Å². The van der Waals surface area contributed by atoms with Gasteiger partial charge in [-0.1, -0.05) is 18.2 Å². The Labute approximate surface area is 140 Å². The Morgan fingerprint density at radius 3 is 2.88 bits per heavy atom. The number of imidazole rings is 1. The first-order valence-corrected chi connectivity index (χ1v) is 8.13. The summed E-state index contributed by atoms with van der Waals surface area (Å²) < 4.78 is 7.24. The van der Waals surface area contributed by atoms with Gasteiger partial charge in [-0.15, -0.1) is 0 Å². The van der Waals surface area contributed by atoms with Gasteiger partial charge in [0.25, 0.3) is 0 Å². The highest BCUT2D eigenvalue weighted by molar-refractivity contribution is 5.92. The fourth-order valence-electron chi connectivity index (χ4n) is 2.96. The van der Waals surface area contributed by atoms with E-state index < -0.39 is 0 Å². The molecule has 2 aromatic carbocycles. The molecule has 1 amide bonds. The number of fused-ring (bicyclic) bond motifs is 1. The van der Waals surface area contributed by atoms with Gasteiger partial charge in [-0.05, 0) is 37.1 Å². The number of methoxy groups -OCH3 is 1. The molecule has 0 radical (unpaired) electrons. The van der Waals surface area contributed by atoms with Crippen molar-refractivity contribution in [2.24, 2.45) is 0 Å². The van der Waals surface area contributed by atoms with Gasteiger partial charge in [-0.2, -0.15) is 0 Å². The van der Waals surface area contributed by atoms with Crippen LogP contribution in [-0.2, 0) is 11.3 Å². The molecule has 0 unspecified atom stereocenters. The number of aromatic nitrogens is 2. The van der Waals surface area contributed by atoms with Crippen molar-refractivity contribution in [1.82, 2.24) is 9.55 Å². The molecule has 5 heteroatoms. The normalized spacial score (nSPS) is 13.9. The number of anilines is 1. The molecule has 122 valence electrons. The van der Waals surface area contributed by atoms with E-state index in [2.05, 4.69) is 5.32 Å². The number of carbonyl (C=O) groups is 1. The molecule has 3 aromatic rings. The van der Waals surface area contributed by atoms with E-state index in [0.717, 1.165) is 41.1 Å². The number of ether oxygens (including phenoxy) is 1. The second-order valence-electron chi connectivity index (χ2n) is 6.10. The second-order valence-corrected chi connectivity index (χ2v) is 6.10. The monoisotopic (exact) mass is 321 g/mol. The molecule has 5 nitrogen and oxygen atoms in total. The molecule has 0 spiro atoms. The van der Waals surface area contributed by atoms with Crippen LogP contribution in [0.2, 0.25) is 0 Å². The average molecular weight is 321 g/mol. The number of rotatable bonds is 5. The molecule has 0 atom stereocenters. The molecule has 0 saturated heterocycles. The first kappa shape index (κ1) is 14.8. The van der Waals surface area contributed by atoms with Gasteiger partial charge in [0.1, 0.15) is 18.1 Å². The first-order valence-electron chi connectivity index (χ1n) is 8.13. The molecule has 1 N–H and O–H groups in total. The van der Waals surface area contributed by atoms with Gasteiger partial charge in [0, 0.05) is 17.7 Å². The maximum atomic E-state index is 12.5. The lowest BCUT2D eigenvalue weighted by molar-refractivity contribution is -0.116. The molecule has 1 heterocycles. The fraction of sp³-hybridized carbons (Fsp3) is 0.263. The van der Waals surface area contributed by atoms with Crippen LogP contribution in [0.15, 0.2) is 48.5 Å². The molecule has 0 aliphatic heterocycles. The maximum Gasteiger partial charge on any atom is 0.244 e. The maximum absolute atomic E-state index is 12.5. The van der Waals surface area contributed by atoms with Gasteiger partial charge in [0.05, 0.1) is 18.1 Å². The fourth-order valence-corrected chi connectivity index (χ4v) is 2.96. The van der Waals surface area contributed by atoms with E-state index in [-0.39, 0.29) is 12.5 Å². The standard InChI is InChI=1S/C19H19N3O2/c1-24-15-6-4-5-14(11-15)20-18(23)12-22-17-8-3-2-7-16(17)21-19(22)13-9-10-13/h2-8,11,13H,9-10,12H2,1H3,(H,20,23). The number of benzene rings is 2. The highest BCUT2D eigenvalue weighted by atomic mass is 16.5. The van der Waals surface area contributed by atoms with Crippen molar-refractivity contribution in [3.63, 3.8) is 0 Å². The van der Waals surface area contributed by atoms with Gasteiger partial charge < -0.3 is 14.6 Å². The zero-order chi connectivity index (χ0) is 16.5. The number of carbonyl (C=O) groups excluding carboxylic acids is 1. The Morgan fingerprint density at radius 1 is 1.25 bits per heavy atom. The van der Waals surface area contributed by atoms with Crippen LogP contribution in [0.1, 0.15) is 24.6 Å². The average Bonchev–Trinajstić information content (AvgIpc) is 3.38. The predicted octanol–water partition coefficient (Wildman–Crippen LogP) is 3.56. The molecule has 1 aliphatic carbocycles. The van der Waals surface area contributed by atoms with Crippen LogP contribution in [-0.4, -0.2) is 22.6 Å². The van der Waals surface area contributed by atoms with Gasteiger partial charge in [0.2, 0.25) is 5.91 Å². The van der Waals surface area contributed by atoms with Gasteiger partial charge in [-0.25, -0.2) is 4.98 Å². The number of hydrogen-bond acceptors (Lipinski definition) is 3. The molecular weight excluding hydrogens is 302 g/mol. The van der Waals surface area contributed by atoms with Crippen LogP contribution in [0, 0.1) is 0 Å². The Balaban J connectivity index is 1.59. The summed E-state index contributed by atoms with van der Waals surface area (Å²) in [5.74, 6) is 2.17. The number of nitrogens with zero attached hydrogens (tertiary/aromatic N) is 2. The van der Waals surface area contributed by atoms with Crippen LogP contribution in [0.5, 0.6) is 5.75 Å². The highest BCUT2D eigenvalue weighted by Crippen LogP contribution is 2.40. The predicted molar refractivity (Wildman–Crippen MR) is 93.3 cm³/mol. The number of para-hydroxylation sites is 2. The summed E-state index contributed by atoms with van der Waals surface area (Å²) in [6, 6.07) is 15.4. The third-order valence-electron chi connectivity index (χ3n) is 4.28. The van der Waals surface area contributed by atoms with Gasteiger partial charge in [0.15, 0.2) is 0 Å². The lowest BCUT2D eigenvalue weighted by atomic mass is 10.3. The second kappa shape index (κ2) is 6.00. The van der Waals surface area contributed by atoms with Crippen molar-refractivity contribution in [2.45, 2.75) is 25.3 Å². The molecule has 1 aromatic heterocycles. The van der Waals surface area contributed by atoms with Crippen LogP contribution in [0.25, 0.3) is 11.0 Å². The molecule has 4 rings (SSSR count). The summed E-state index contributed by atoms with van der Waals surface area (Å²) in [7, 11) is 1.61. The molecule has 1 fully saturated rings. The van der Waals surface area contributed by atoms with E-state index >= 15 is 0 Å². The zero-order valence-corrected chi connectivity index (χ0v) is 13.5. The molecule has 1 aliphatic rings. The van der Waals surface area contributed by atoms with E-state index in [1.807, 2.05) is 53.1 Å². The van der Waals surface area contributed by atoms with Crippen molar-refractivity contribution in [3.8, 4) is 5.75 Å². The van der Waals surface area contributed by atoms with Crippen LogP contribution in [0.4, 0.5) is 5.69 Å². The van der Waals surface area contributed by atoms with Crippen molar-refractivity contribution < 1.29 is 9.53 Å². The number of amides is 1. The van der Waals surface area contributed by atoms with Crippen molar-refractivity contribution in [3.05, 3.63) is 54.4 Å². The summed E-state index contributed by atoms with van der Waals surface area (Å²) in [4.78, 5) is 17.2. The minimum absolute atomic E-state index is 0.0618.